The van der Waals surface area contributed by atoms with Crippen LogP contribution in [0.3, 0.4) is 0 Å². The van der Waals surface area contributed by atoms with Crippen molar-refractivity contribution in [3.8, 4) is 0 Å². The quantitative estimate of drug-likeness (QED) is 0.426. The summed E-state index contributed by atoms with van der Waals surface area (Å²) in [5.74, 6) is -0.0781. The minimum atomic E-state index is -0.0943. The highest BCUT2D eigenvalue weighted by atomic mass is 16.5. The molecule has 2 nitrogen and oxygen atoms in total. The van der Waals surface area contributed by atoms with Gasteiger partial charge in [-0.3, -0.25) is 4.79 Å². The summed E-state index contributed by atoms with van der Waals surface area (Å²) in [7, 11) is 1.45. The van der Waals surface area contributed by atoms with E-state index in [-0.39, 0.29) is 11.9 Å². The van der Waals surface area contributed by atoms with E-state index in [0.29, 0.717) is 0 Å². The molecule has 0 bridgehead atoms. The largest absolute Gasteiger partial charge is 0.469 e. The molecule has 62 valence electrons. The first-order valence-corrected chi connectivity index (χ1v) is 4.09. The van der Waals surface area contributed by atoms with Gasteiger partial charge in [0.05, 0.1) is 13.0 Å². The van der Waals surface area contributed by atoms with Gasteiger partial charge in [0.25, 0.3) is 0 Å². The third-order valence-corrected chi connectivity index (χ3v) is 2.01. The Morgan fingerprint density at radius 2 is 2.36 bits per heavy atom. The summed E-state index contributed by atoms with van der Waals surface area (Å²) >= 11 is 0. The molecule has 0 saturated heterocycles. The number of rotatable bonds is 1. The van der Waals surface area contributed by atoms with E-state index in [1.54, 1.807) is 0 Å². The second-order valence-electron chi connectivity index (χ2n) is 2.84. The molecule has 1 atom stereocenters. The van der Waals surface area contributed by atoms with Gasteiger partial charge in [0.2, 0.25) is 0 Å². The first-order valence-electron chi connectivity index (χ1n) is 4.09. The van der Waals surface area contributed by atoms with Gasteiger partial charge in [0.1, 0.15) is 0 Å². The lowest BCUT2D eigenvalue weighted by Gasteiger charge is -2.06. The summed E-state index contributed by atoms with van der Waals surface area (Å²) in [6.45, 7) is 0. The molecule has 0 saturated carbocycles. The van der Waals surface area contributed by atoms with E-state index in [1.165, 1.54) is 13.5 Å². The lowest BCUT2D eigenvalue weighted by Crippen LogP contribution is -2.12. The van der Waals surface area contributed by atoms with Crippen LogP contribution in [0.2, 0.25) is 0 Å². The summed E-state index contributed by atoms with van der Waals surface area (Å²) in [6, 6.07) is 0. The number of carbonyl (C=O) groups excluding carboxylic acids is 1. The molecule has 0 aliphatic heterocycles. The van der Waals surface area contributed by atoms with Gasteiger partial charge in [-0.2, -0.15) is 0 Å². The number of methoxy groups -OCH3 is 1. The van der Waals surface area contributed by atoms with Gasteiger partial charge in [-0.15, -0.1) is 0 Å². The monoisotopic (exact) mass is 154 g/mol. The van der Waals surface area contributed by atoms with Crippen LogP contribution in [-0.2, 0) is 9.53 Å². The van der Waals surface area contributed by atoms with Crippen molar-refractivity contribution in [1.29, 1.82) is 0 Å². The smallest absolute Gasteiger partial charge is 0.312 e. The summed E-state index contributed by atoms with van der Waals surface area (Å²) in [4.78, 5) is 11.0. The van der Waals surface area contributed by atoms with Crippen LogP contribution in [0.15, 0.2) is 12.2 Å². The number of allylic oxidation sites excluding steroid dienone is 1. The van der Waals surface area contributed by atoms with E-state index in [4.69, 9.17) is 0 Å². The third-order valence-electron chi connectivity index (χ3n) is 2.01. The van der Waals surface area contributed by atoms with Gasteiger partial charge in [-0.1, -0.05) is 18.6 Å². The van der Waals surface area contributed by atoms with Gasteiger partial charge < -0.3 is 4.74 Å². The number of hydrogen-bond donors (Lipinski definition) is 0. The van der Waals surface area contributed by atoms with Gasteiger partial charge in [0, 0.05) is 0 Å². The molecule has 0 N–H and O–H groups in total. The molecule has 2 heteroatoms. The normalized spacial score (nSPS) is 24.3. The van der Waals surface area contributed by atoms with Crippen LogP contribution in [0, 0.1) is 5.92 Å². The second kappa shape index (κ2) is 4.16. The minimum Gasteiger partial charge on any atom is -0.469 e. The molecule has 1 aliphatic rings. The Morgan fingerprint density at radius 1 is 1.55 bits per heavy atom. The van der Waals surface area contributed by atoms with Crippen molar-refractivity contribution in [1.82, 2.24) is 0 Å². The molecule has 0 heterocycles. The summed E-state index contributed by atoms with van der Waals surface area (Å²) in [6.07, 6.45) is 8.43. The van der Waals surface area contributed by atoms with Crippen LogP contribution >= 0.6 is 0 Å². The molecule has 0 spiro atoms. The Morgan fingerprint density at radius 3 is 3.09 bits per heavy atom. The van der Waals surface area contributed by atoms with E-state index < -0.39 is 0 Å². The Bertz CT molecular complexity index is 161. The molecule has 1 aliphatic carbocycles. The maximum atomic E-state index is 11.0. The third kappa shape index (κ3) is 2.37. The van der Waals surface area contributed by atoms with Crippen molar-refractivity contribution < 1.29 is 9.53 Å². The Balaban J connectivity index is 2.48. The van der Waals surface area contributed by atoms with Crippen molar-refractivity contribution >= 4 is 5.97 Å². The maximum absolute atomic E-state index is 11.0. The Hall–Kier alpha value is -0.790. The molecular formula is C9H14O2. The average Bonchev–Trinajstić information content (AvgIpc) is 2.30. The highest BCUT2D eigenvalue weighted by molar-refractivity contribution is 5.74. The predicted molar refractivity (Wildman–Crippen MR) is 43.1 cm³/mol. The number of ether oxygens (including phenoxy) is 1. The first-order chi connectivity index (χ1) is 5.34. The van der Waals surface area contributed by atoms with Gasteiger partial charge in [0.15, 0.2) is 0 Å². The number of carbonyl (C=O) groups is 1. The van der Waals surface area contributed by atoms with Crippen molar-refractivity contribution in [3.63, 3.8) is 0 Å². The summed E-state index contributed by atoms with van der Waals surface area (Å²) < 4.78 is 4.66. The van der Waals surface area contributed by atoms with Crippen LogP contribution in [0.4, 0.5) is 0 Å². The first kappa shape index (κ1) is 8.31. The zero-order valence-corrected chi connectivity index (χ0v) is 6.88. The molecule has 1 unspecified atom stereocenters. The highest BCUT2D eigenvalue weighted by Gasteiger charge is 2.16. The molecule has 1 rings (SSSR count). The van der Waals surface area contributed by atoms with Crippen LogP contribution in [0.5, 0.6) is 0 Å². The zero-order chi connectivity index (χ0) is 8.10. The predicted octanol–water partition coefficient (Wildman–Crippen LogP) is 1.91. The average molecular weight is 154 g/mol. The van der Waals surface area contributed by atoms with Crippen LogP contribution in [0.1, 0.15) is 25.7 Å². The van der Waals surface area contributed by atoms with Crippen LogP contribution < -0.4 is 0 Å². The topological polar surface area (TPSA) is 26.3 Å². The van der Waals surface area contributed by atoms with Crippen LogP contribution in [-0.4, -0.2) is 13.1 Å². The SMILES string of the molecule is COC(=O)C1C=CCCCC1. The van der Waals surface area contributed by atoms with E-state index in [1.807, 2.05) is 6.08 Å². The molecule has 0 amide bonds. The number of hydrogen-bond acceptors (Lipinski definition) is 2. The van der Waals surface area contributed by atoms with Gasteiger partial charge >= 0.3 is 5.97 Å². The van der Waals surface area contributed by atoms with E-state index >= 15 is 0 Å². The lowest BCUT2D eigenvalue weighted by atomic mass is 10.0. The van der Waals surface area contributed by atoms with Crippen LogP contribution in [0.25, 0.3) is 0 Å². The minimum absolute atomic E-state index is 0.0162. The van der Waals surface area contributed by atoms with Crippen molar-refractivity contribution in [2.75, 3.05) is 7.11 Å². The molecule has 0 radical (unpaired) electrons. The Kier molecular flexibility index (Phi) is 3.14. The van der Waals surface area contributed by atoms with E-state index in [2.05, 4.69) is 10.8 Å². The Labute approximate surface area is 67.2 Å². The number of esters is 1. The van der Waals surface area contributed by atoms with E-state index in [9.17, 15) is 4.79 Å². The molecule has 11 heavy (non-hydrogen) atoms. The maximum Gasteiger partial charge on any atom is 0.312 e. The second-order valence-corrected chi connectivity index (χ2v) is 2.84. The summed E-state index contributed by atoms with van der Waals surface area (Å²) in [5.41, 5.74) is 0. The van der Waals surface area contributed by atoms with Crippen molar-refractivity contribution in [2.45, 2.75) is 25.7 Å². The van der Waals surface area contributed by atoms with Gasteiger partial charge in [-0.05, 0) is 19.3 Å². The lowest BCUT2D eigenvalue weighted by molar-refractivity contribution is -0.143. The fourth-order valence-corrected chi connectivity index (χ4v) is 1.33. The molecular weight excluding hydrogens is 140 g/mol. The van der Waals surface area contributed by atoms with Crippen molar-refractivity contribution in [2.24, 2.45) is 5.92 Å². The molecule has 0 fully saturated rings. The molecule has 0 aromatic carbocycles. The highest BCUT2D eigenvalue weighted by Crippen LogP contribution is 2.17. The summed E-state index contributed by atoms with van der Waals surface area (Å²) in [5, 5.41) is 0. The van der Waals surface area contributed by atoms with Crippen molar-refractivity contribution in [3.05, 3.63) is 12.2 Å². The standard InChI is InChI=1S/C9H14O2/c1-11-9(10)8-6-4-2-3-5-7-8/h4,6,8H,2-3,5,7H2,1H3. The molecule has 0 aromatic heterocycles. The fourth-order valence-electron chi connectivity index (χ4n) is 1.33. The fraction of sp³-hybridized carbons (Fsp3) is 0.667. The zero-order valence-electron chi connectivity index (χ0n) is 6.88. The van der Waals surface area contributed by atoms with E-state index in [0.717, 1.165) is 19.3 Å². The molecule has 0 aromatic rings. The van der Waals surface area contributed by atoms with Gasteiger partial charge in [-0.25, -0.2) is 0 Å².